The van der Waals surface area contributed by atoms with Gasteiger partial charge in [0.1, 0.15) is 12.4 Å². The van der Waals surface area contributed by atoms with Crippen LogP contribution in [0.4, 0.5) is 0 Å². The number of hydrogen-bond donors (Lipinski definition) is 1. The van der Waals surface area contributed by atoms with Crippen molar-refractivity contribution in [2.45, 2.75) is 19.9 Å². The van der Waals surface area contributed by atoms with Gasteiger partial charge in [0.05, 0.1) is 0 Å². The van der Waals surface area contributed by atoms with Gasteiger partial charge in [-0.25, -0.2) is 0 Å². The highest BCUT2D eigenvalue weighted by Crippen LogP contribution is 2.17. The third kappa shape index (κ3) is 6.95. The van der Waals surface area contributed by atoms with Gasteiger partial charge in [0.25, 0.3) is 0 Å². The molecule has 1 N–H and O–H groups in total. The van der Waals surface area contributed by atoms with E-state index in [1.165, 1.54) is 0 Å². The Hall–Kier alpha value is -0.580. The summed E-state index contributed by atoms with van der Waals surface area (Å²) in [5.41, 5.74) is 0. The third-order valence-electron chi connectivity index (χ3n) is 2.94. The minimum absolute atomic E-state index is 0.501. The number of rotatable bonds is 8. The number of nitrogens with one attached hydrogen (secondary N) is 1. The zero-order chi connectivity index (χ0) is 14.3. The fourth-order valence-electron chi connectivity index (χ4n) is 1.87. The highest BCUT2D eigenvalue weighted by molar-refractivity contribution is 9.10. The predicted molar refractivity (Wildman–Crippen MR) is 84.8 cm³/mol. The molecule has 108 valence electrons. The Bertz CT molecular complexity index is 369. The van der Waals surface area contributed by atoms with Gasteiger partial charge in [0.15, 0.2) is 0 Å². The van der Waals surface area contributed by atoms with Crippen LogP contribution in [0, 0.1) is 5.92 Å². The smallest absolute Gasteiger partial charge is 0.120 e. The molecule has 1 unspecified atom stereocenters. The van der Waals surface area contributed by atoms with Gasteiger partial charge in [-0.2, -0.15) is 0 Å². The lowest BCUT2D eigenvalue weighted by molar-refractivity contribution is 0.259. The molecule has 0 fully saturated rings. The van der Waals surface area contributed by atoms with Crippen LogP contribution in [0.1, 0.15) is 13.8 Å². The van der Waals surface area contributed by atoms with Crippen LogP contribution in [0.2, 0.25) is 0 Å². The van der Waals surface area contributed by atoms with Gasteiger partial charge < -0.3 is 15.0 Å². The van der Waals surface area contributed by atoms with Crippen molar-refractivity contribution < 1.29 is 4.74 Å². The van der Waals surface area contributed by atoms with E-state index in [0.29, 0.717) is 18.6 Å². The van der Waals surface area contributed by atoms with E-state index in [1.54, 1.807) is 0 Å². The summed E-state index contributed by atoms with van der Waals surface area (Å²) in [6.07, 6.45) is 0. The monoisotopic (exact) mass is 328 g/mol. The Morgan fingerprint density at radius 3 is 2.63 bits per heavy atom. The first-order valence-corrected chi connectivity index (χ1v) is 7.55. The molecule has 0 saturated carbocycles. The van der Waals surface area contributed by atoms with Crippen molar-refractivity contribution in [3.05, 3.63) is 28.7 Å². The average molecular weight is 329 g/mol. The predicted octanol–water partition coefficient (Wildman–Crippen LogP) is 3.00. The SMILES string of the molecule is CC(C)C(CN(C)C)NCCOc1cccc(Br)c1. The van der Waals surface area contributed by atoms with Gasteiger partial charge in [-0.3, -0.25) is 0 Å². The number of halogens is 1. The van der Waals surface area contributed by atoms with Gasteiger partial charge in [-0.15, -0.1) is 0 Å². The second-order valence-corrected chi connectivity index (χ2v) is 6.29. The van der Waals surface area contributed by atoms with E-state index < -0.39 is 0 Å². The van der Waals surface area contributed by atoms with Crippen LogP contribution in [0.25, 0.3) is 0 Å². The molecular weight excluding hydrogens is 304 g/mol. The Kier molecular flexibility index (Phi) is 7.42. The lowest BCUT2D eigenvalue weighted by Gasteiger charge is -2.25. The number of ether oxygens (including phenoxy) is 1. The van der Waals surface area contributed by atoms with E-state index >= 15 is 0 Å². The molecule has 0 amide bonds. The van der Waals surface area contributed by atoms with Crippen molar-refractivity contribution in [2.24, 2.45) is 5.92 Å². The Morgan fingerprint density at radius 1 is 1.32 bits per heavy atom. The van der Waals surface area contributed by atoms with Crippen molar-refractivity contribution in [3.63, 3.8) is 0 Å². The zero-order valence-corrected chi connectivity index (χ0v) is 13.9. The minimum Gasteiger partial charge on any atom is -0.492 e. The van der Waals surface area contributed by atoms with Crippen LogP contribution in [0.5, 0.6) is 5.75 Å². The molecule has 0 aliphatic heterocycles. The molecule has 0 aliphatic rings. The molecule has 0 radical (unpaired) electrons. The van der Waals surface area contributed by atoms with Gasteiger partial charge in [0.2, 0.25) is 0 Å². The summed E-state index contributed by atoms with van der Waals surface area (Å²) in [5.74, 6) is 1.53. The van der Waals surface area contributed by atoms with Gasteiger partial charge in [-0.05, 0) is 38.2 Å². The fourth-order valence-corrected chi connectivity index (χ4v) is 2.25. The van der Waals surface area contributed by atoms with Crippen LogP contribution in [0.3, 0.4) is 0 Å². The fraction of sp³-hybridized carbons (Fsp3) is 0.600. The number of hydrogen-bond acceptors (Lipinski definition) is 3. The third-order valence-corrected chi connectivity index (χ3v) is 3.43. The molecule has 0 aliphatic carbocycles. The molecule has 1 rings (SSSR count). The van der Waals surface area contributed by atoms with E-state index in [2.05, 4.69) is 54.1 Å². The molecule has 3 nitrogen and oxygen atoms in total. The Balaban J connectivity index is 2.28. The quantitative estimate of drug-likeness (QED) is 0.742. The lowest BCUT2D eigenvalue weighted by Crippen LogP contribution is -2.43. The second kappa shape index (κ2) is 8.56. The molecule has 0 heterocycles. The summed E-state index contributed by atoms with van der Waals surface area (Å²) in [7, 11) is 4.21. The van der Waals surface area contributed by atoms with Crippen LogP contribution in [-0.4, -0.2) is 44.7 Å². The van der Waals surface area contributed by atoms with Crippen LogP contribution < -0.4 is 10.1 Å². The van der Waals surface area contributed by atoms with E-state index in [0.717, 1.165) is 23.3 Å². The zero-order valence-electron chi connectivity index (χ0n) is 12.3. The van der Waals surface area contributed by atoms with E-state index in [-0.39, 0.29) is 0 Å². The summed E-state index contributed by atoms with van der Waals surface area (Å²) in [5, 5.41) is 3.56. The summed E-state index contributed by atoms with van der Waals surface area (Å²) in [6, 6.07) is 8.44. The Labute approximate surface area is 125 Å². The first-order chi connectivity index (χ1) is 8.99. The molecule has 1 aromatic carbocycles. The molecule has 1 atom stereocenters. The van der Waals surface area contributed by atoms with Gasteiger partial charge >= 0.3 is 0 Å². The van der Waals surface area contributed by atoms with Crippen molar-refractivity contribution in [2.75, 3.05) is 33.8 Å². The van der Waals surface area contributed by atoms with Crippen LogP contribution in [0.15, 0.2) is 28.7 Å². The molecule has 0 aromatic heterocycles. The highest BCUT2D eigenvalue weighted by atomic mass is 79.9. The molecular formula is C15H25BrN2O. The van der Waals surface area contributed by atoms with Crippen molar-refractivity contribution >= 4 is 15.9 Å². The summed E-state index contributed by atoms with van der Waals surface area (Å²) in [6.45, 7) is 7.09. The highest BCUT2D eigenvalue weighted by Gasteiger charge is 2.13. The average Bonchev–Trinajstić information content (AvgIpc) is 2.32. The number of likely N-dealkylation sites (N-methyl/N-ethyl adjacent to an activating group) is 1. The first kappa shape index (κ1) is 16.5. The topological polar surface area (TPSA) is 24.5 Å². The molecule has 19 heavy (non-hydrogen) atoms. The summed E-state index contributed by atoms with van der Waals surface area (Å²) < 4.78 is 6.76. The normalized spacial score (nSPS) is 13.0. The number of benzene rings is 1. The van der Waals surface area contributed by atoms with Crippen molar-refractivity contribution in [3.8, 4) is 5.75 Å². The molecule has 0 spiro atoms. The molecule has 4 heteroatoms. The molecule has 0 bridgehead atoms. The number of nitrogens with zero attached hydrogens (tertiary/aromatic N) is 1. The van der Waals surface area contributed by atoms with E-state index in [1.807, 2.05) is 24.3 Å². The maximum absolute atomic E-state index is 5.72. The molecule has 1 aromatic rings. The van der Waals surface area contributed by atoms with Gasteiger partial charge in [0, 0.05) is 23.6 Å². The van der Waals surface area contributed by atoms with Crippen molar-refractivity contribution in [1.82, 2.24) is 10.2 Å². The van der Waals surface area contributed by atoms with Crippen LogP contribution in [-0.2, 0) is 0 Å². The Morgan fingerprint density at radius 2 is 2.05 bits per heavy atom. The second-order valence-electron chi connectivity index (χ2n) is 5.37. The van der Waals surface area contributed by atoms with E-state index in [9.17, 15) is 0 Å². The minimum atomic E-state index is 0.501. The lowest BCUT2D eigenvalue weighted by atomic mass is 10.0. The maximum Gasteiger partial charge on any atom is 0.120 e. The summed E-state index contributed by atoms with van der Waals surface area (Å²) in [4.78, 5) is 2.22. The van der Waals surface area contributed by atoms with Crippen molar-refractivity contribution in [1.29, 1.82) is 0 Å². The largest absolute Gasteiger partial charge is 0.492 e. The van der Waals surface area contributed by atoms with Gasteiger partial charge in [-0.1, -0.05) is 35.8 Å². The first-order valence-electron chi connectivity index (χ1n) is 6.75. The maximum atomic E-state index is 5.72. The summed E-state index contributed by atoms with van der Waals surface area (Å²) >= 11 is 3.44. The standard InChI is InChI=1S/C15H25BrN2O/c1-12(2)15(11-18(3)4)17-8-9-19-14-7-5-6-13(16)10-14/h5-7,10,12,15,17H,8-9,11H2,1-4H3. The molecule has 0 saturated heterocycles. The van der Waals surface area contributed by atoms with E-state index in [4.69, 9.17) is 4.74 Å². The van der Waals surface area contributed by atoms with Crippen LogP contribution >= 0.6 is 15.9 Å².